The van der Waals surface area contributed by atoms with Crippen LogP contribution in [0.3, 0.4) is 0 Å². The Morgan fingerprint density at radius 1 is 1.16 bits per heavy atom. The molecule has 0 heterocycles. The van der Waals surface area contributed by atoms with E-state index in [-0.39, 0.29) is 5.91 Å². The number of benzene rings is 2. The molecule has 0 aliphatic heterocycles. The predicted molar refractivity (Wildman–Crippen MR) is 79.9 cm³/mol. The van der Waals surface area contributed by atoms with Gasteiger partial charge in [-0.2, -0.15) is 0 Å². The minimum Gasteiger partial charge on any atom is -0.322 e. The van der Waals surface area contributed by atoms with Gasteiger partial charge in [0.2, 0.25) is 0 Å². The van der Waals surface area contributed by atoms with Crippen molar-refractivity contribution in [1.82, 2.24) is 0 Å². The van der Waals surface area contributed by atoms with Crippen molar-refractivity contribution in [2.45, 2.75) is 19.7 Å². The van der Waals surface area contributed by atoms with Gasteiger partial charge in [0.1, 0.15) is 0 Å². The van der Waals surface area contributed by atoms with Gasteiger partial charge in [0, 0.05) is 17.1 Å². The first kappa shape index (κ1) is 13.6. The van der Waals surface area contributed by atoms with Gasteiger partial charge in [0.05, 0.1) is 0 Å². The Morgan fingerprint density at radius 3 is 2.63 bits per heavy atom. The average molecular weight is 274 g/mol. The van der Waals surface area contributed by atoms with Crippen LogP contribution in [0.1, 0.15) is 27.0 Å². The molecular weight excluding hydrogens is 258 g/mol. The molecular formula is C16H16ClNO. The van der Waals surface area contributed by atoms with Crippen LogP contribution in [0.15, 0.2) is 42.5 Å². The highest BCUT2D eigenvalue weighted by atomic mass is 35.5. The smallest absolute Gasteiger partial charge is 0.255 e. The Kier molecular flexibility index (Phi) is 4.23. The number of alkyl halides is 1. The van der Waals surface area contributed by atoms with E-state index >= 15 is 0 Å². The standard InChI is InChI=1S/C16H16ClNO/c1-11-7-8-12(2)14(9-11)16(19)18-15-6-4-3-5-13(15)10-17/h3-9H,10H2,1-2H3,(H,18,19). The number of para-hydroxylation sites is 1. The van der Waals surface area contributed by atoms with Crippen molar-refractivity contribution in [1.29, 1.82) is 0 Å². The molecule has 0 saturated carbocycles. The second-order valence-electron chi connectivity index (χ2n) is 4.56. The minimum atomic E-state index is -0.0984. The van der Waals surface area contributed by atoms with E-state index < -0.39 is 0 Å². The molecule has 0 atom stereocenters. The highest BCUT2D eigenvalue weighted by molar-refractivity contribution is 6.17. The molecule has 0 saturated heterocycles. The topological polar surface area (TPSA) is 29.1 Å². The molecule has 0 unspecified atom stereocenters. The lowest BCUT2D eigenvalue weighted by Gasteiger charge is -2.11. The van der Waals surface area contributed by atoms with Crippen molar-refractivity contribution in [2.24, 2.45) is 0 Å². The summed E-state index contributed by atoms with van der Waals surface area (Å²) >= 11 is 5.87. The Labute approximate surface area is 118 Å². The van der Waals surface area contributed by atoms with E-state index in [1.807, 2.05) is 56.3 Å². The van der Waals surface area contributed by atoms with Crippen molar-refractivity contribution >= 4 is 23.2 Å². The lowest BCUT2D eigenvalue weighted by molar-refractivity contribution is 0.102. The van der Waals surface area contributed by atoms with E-state index in [9.17, 15) is 4.79 Å². The van der Waals surface area contributed by atoms with Crippen molar-refractivity contribution in [3.05, 3.63) is 64.7 Å². The molecule has 0 radical (unpaired) electrons. The fourth-order valence-electron chi connectivity index (χ4n) is 1.93. The molecule has 3 heteroatoms. The SMILES string of the molecule is Cc1ccc(C)c(C(=O)Nc2ccccc2CCl)c1. The lowest BCUT2D eigenvalue weighted by Crippen LogP contribution is -2.14. The van der Waals surface area contributed by atoms with E-state index in [0.29, 0.717) is 11.4 Å². The first-order chi connectivity index (χ1) is 9.11. The van der Waals surface area contributed by atoms with Crippen LogP contribution in [0.5, 0.6) is 0 Å². The Hall–Kier alpha value is -1.80. The molecule has 0 fully saturated rings. The maximum absolute atomic E-state index is 12.3. The van der Waals surface area contributed by atoms with Gasteiger partial charge in [-0.3, -0.25) is 4.79 Å². The van der Waals surface area contributed by atoms with Crippen molar-refractivity contribution in [3.63, 3.8) is 0 Å². The van der Waals surface area contributed by atoms with Gasteiger partial charge in [0.25, 0.3) is 5.91 Å². The van der Waals surface area contributed by atoms with Crippen molar-refractivity contribution in [2.75, 3.05) is 5.32 Å². The fraction of sp³-hybridized carbons (Fsp3) is 0.188. The van der Waals surface area contributed by atoms with Gasteiger partial charge >= 0.3 is 0 Å². The van der Waals surface area contributed by atoms with Crippen LogP contribution in [0.4, 0.5) is 5.69 Å². The van der Waals surface area contributed by atoms with Crippen LogP contribution in [0.2, 0.25) is 0 Å². The van der Waals surface area contributed by atoms with Crippen LogP contribution >= 0.6 is 11.6 Å². The summed E-state index contributed by atoms with van der Waals surface area (Å²) in [6, 6.07) is 13.4. The number of amides is 1. The molecule has 0 spiro atoms. The van der Waals surface area contributed by atoms with Gasteiger partial charge in [-0.25, -0.2) is 0 Å². The summed E-state index contributed by atoms with van der Waals surface area (Å²) in [7, 11) is 0. The summed E-state index contributed by atoms with van der Waals surface area (Å²) in [5.41, 5.74) is 4.42. The molecule has 0 aromatic heterocycles. The van der Waals surface area contributed by atoms with Crippen LogP contribution in [-0.2, 0) is 5.88 Å². The monoisotopic (exact) mass is 273 g/mol. The van der Waals surface area contributed by atoms with E-state index in [0.717, 1.165) is 22.4 Å². The molecule has 98 valence electrons. The van der Waals surface area contributed by atoms with E-state index in [1.165, 1.54) is 0 Å². The molecule has 0 aliphatic carbocycles. The predicted octanol–water partition coefficient (Wildman–Crippen LogP) is 4.29. The third kappa shape index (κ3) is 3.15. The van der Waals surface area contributed by atoms with Gasteiger partial charge in [0.15, 0.2) is 0 Å². The third-order valence-electron chi connectivity index (χ3n) is 3.05. The number of hydrogen-bond donors (Lipinski definition) is 1. The Balaban J connectivity index is 2.28. The number of carbonyl (C=O) groups is 1. The second kappa shape index (κ2) is 5.89. The van der Waals surface area contributed by atoms with Crippen molar-refractivity contribution < 1.29 is 4.79 Å². The number of rotatable bonds is 3. The Bertz CT molecular complexity index is 607. The number of anilines is 1. The van der Waals surface area contributed by atoms with E-state index in [1.54, 1.807) is 0 Å². The van der Waals surface area contributed by atoms with Gasteiger partial charge in [-0.15, -0.1) is 11.6 Å². The van der Waals surface area contributed by atoms with Crippen molar-refractivity contribution in [3.8, 4) is 0 Å². The van der Waals surface area contributed by atoms with Crippen LogP contribution in [0.25, 0.3) is 0 Å². The molecule has 0 aliphatic rings. The first-order valence-electron chi connectivity index (χ1n) is 6.14. The largest absolute Gasteiger partial charge is 0.322 e. The number of halogens is 1. The quantitative estimate of drug-likeness (QED) is 0.830. The molecule has 19 heavy (non-hydrogen) atoms. The zero-order valence-corrected chi connectivity index (χ0v) is 11.8. The molecule has 2 rings (SSSR count). The number of carbonyl (C=O) groups excluding carboxylic acids is 1. The van der Waals surface area contributed by atoms with E-state index in [2.05, 4.69) is 5.32 Å². The molecule has 1 amide bonds. The summed E-state index contributed by atoms with van der Waals surface area (Å²) < 4.78 is 0. The average Bonchev–Trinajstić information content (AvgIpc) is 2.42. The molecule has 2 aromatic rings. The summed E-state index contributed by atoms with van der Waals surface area (Å²) in [5.74, 6) is 0.280. The fourth-order valence-corrected chi connectivity index (χ4v) is 2.16. The maximum atomic E-state index is 12.3. The van der Waals surface area contributed by atoms with E-state index in [4.69, 9.17) is 11.6 Å². The molecule has 2 aromatic carbocycles. The first-order valence-corrected chi connectivity index (χ1v) is 6.67. The van der Waals surface area contributed by atoms with Crippen LogP contribution in [-0.4, -0.2) is 5.91 Å². The number of hydrogen-bond acceptors (Lipinski definition) is 1. The summed E-state index contributed by atoms with van der Waals surface area (Å²) in [6.45, 7) is 3.91. The second-order valence-corrected chi connectivity index (χ2v) is 4.83. The zero-order chi connectivity index (χ0) is 13.8. The van der Waals surface area contributed by atoms with Gasteiger partial charge < -0.3 is 5.32 Å². The normalized spacial score (nSPS) is 10.3. The molecule has 0 bridgehead atoms. The highest BCUT2D eigenvalue weighted by Crippen LogP contribution is 2.19. The van der Waals surface area contributed by atoms with Gasteiger partial charge in [-0.05, 0) is 37.1 Å². The summed E-state index contributed by atoms with van der Waals surface area (Å²) in [6.07, 6.45) is 0. The number of aryl methyl sites for hydroxylation is 2. The lowest BCUT2D eigenvalue weighted by atomic mass is 10.0. The maximum Gasteiger partial charge on any atom is 0.255 e. The van der Waals surface area contributed by atoms with Crippen LogP contribution < -0.4 is 5.32 Å². The minimum absolute atomic E-state index is 0.0984. The number of nitrogens with one attached hydrogen (secondary N) is 1. The highest BCUT2D eigenvalue weighted by Gasteiger charge is 2.11. The summed E-state index contributed by atoms with van der Waals surface area (Å²) in [4.78, 5) is 12.3. The molecule has 1 N–H and O–H groups in total. The third-order valence-corrected chi connectivity index (χ3v) is 3.34. The Morgan fingerprint density at radius 2 is 1.89 bits per heavy atom. The molecule has 2 nitrogen and oxygen atoms in total. The van der Waals surface area contributed by atoms with Crippen LogP contribution in [0, 0.1) is 13.8 Å². The van der Waals surface area contributed by atoms with Gasteiger partial charge in [-0.1, -0.05) is 35.9 Å². The summed E-state index contributed by atoms with van der Waals surface area (Å²) in [5, 5.41) is 2.92. The zero-order valence-electron chi connectivity index (χ0n) is 11.0.